The zero-order valence-corrected chi connectivity index (χ0v) is 14.0. The Morgan fingerprint density at radius 2 is 1.68 bits per heavy atom. The fourth-order valence-corrected chi connectivity index (χ4v) is 3.52. The number of benzene rings is 1. The lowest BCUT2D eigenvalue weighted by atomic mass is 10.2. The summed E-state index contributed by atoms with van der Waals surface area (Å²) in [5, 5.41) is 10.9. The van der Waals surface area contributed by atoms with Crippen LogP contribution in [0.15, 0.2) is 17.0 Å². The number of halogens is 8. The molecule has 0 unspecified atom stereocenters. The smallest absolute Gasteiger partial charge is 0.382 e. The molecule has 13 heteroatoms. The molecule has 0 bridgehead atoms. The molecule has 25 heavy (non-hydrogen) atoms. The second-order valence-corrected chi connectivity index (χ2v) is 7.73. The van der Waals surface area contributed by atoms with Gasteiger partial charge in [-0.2, -0.15) is 23.5 Å². The van der Waals surface area contributed by atoms with Crippen LogP contribution < -0.4 is 5.73 Å². The van der Waals surface area contributed by atoms with E-state index in [4.69, 9.17) is 34.2 Å². The van der Waals surface area contributed by atoms with E-state index in [1.165, 1.54) is 6.07 Å². The molecule has 0 fully saturated rings. The molecule has 2 N–H and O–H groups in total. The summed E-state index contributed by atoms with van der Waals surface area (Å²) < 4.78 is 79.5. The van der Waals surface area contributed by atoms with Crippen LogP contribution in [0.2, 0.25) is 10.0 Å². The molecule has 2 rings (SSSR count). The van der Waals surface area contributed by atoms with Crippen LogP contribution in [-0.2, 0) is 6.18 Å². The van der Waals surface area contributed by atoms with E-state index in [1.807, 2.05) is 0 Å². The van der Waals surface area contributed by atoms with Crippen LogP contribution in [0.1, 0.15) is 11.3 Å². The Labute approximate surface area is 147 Å². The third kappa shape index (κ3) is 3.56. The highest BCUT2D eigenvalue weighted by atomic mass is 35.5. The number of anilines is 1. The first-order valence-electron chi connectivity index (χ1n) is 5.94. The second-order valence-electron chi connectivity index (χ2n) is 4.75. The first-order chi connectivity index (χ1) is 11.1. The fraction of sp³-hybridized carbons (Fsp3) is 0.0833. The minimum absolute atomic E-state index is 0.373. The summed E-state index contributed by atoms with van der Waals surface area (Å²) in [5.74, 6) is 1.10. The number of rotatable bonds is 2. The molecule has 0 atom stereocenters. The lowest BCUT2D eigenvalue weighted by molar-refractivity contribution is -0.137. The monoisotopic (exact) mass is 422 g/mol. The predicted octanol–water partition coefficient (Wildman–Crippen LogP) is 5.44. The number of hydrogen-bond donors (Lipinski definition) is 1. The lowest BCUT2D eigenvalue weighted by Gasteiger charge is -2.20. The summed E-state index contributed by atoms with van der Waals surface area (Å²) in [5.41, 5.74) is 2.60. The molecule has 0 saturated heterocycles. The van der Waals surface area contributed by atoms with Crippen molar-refractivity contribution in [3.8, 4) is 11.8 Å². The van der Waals surface area contributed by atoms with Crippen LogP contribution in [0.25, 0.3) is 5.69 Å². The van der Waals surface area contributed by atoms with E-state index < -0.39 is 53.8 Å². The van der Waals surface area contributed by atoms with Crippen LogP contribution in [0.5, 0.6) is 0 Å². The summed E-state index contributed by atoms with van der Waals surface area (Å²) in [4.78, 5) is -1.55. The number of aromatic nitrogens is 2. The van der Waals surface area contributed by atoms with Gasteiger partial charge in [0.25, 0.3) is 0 Å². The highest BCUT2D eigenvalue weighted by Crippen LogP contribution is 2.71. The van der Waals surface area contributed by atoms with Gasteiger partial charge in [-0.25, -0.2) is 4.68 Å². The van der Waals surface area contributed by atoms with Gasteiger partial charge in [-0.05, 0) is 18.0 Å². The first-order valence-corrected chi connectivity index (χ1v) is 8.61. The Kier molecular flexibility index (Phi) is 4.31. The number of nitriles is 1. The standard InChI is InChI=1S/C12H6Cl2F6N4S/c1-25(18,19,20)10-8(4-21)23-24(11(10)22)9-6(13)2-5(3-7(9)14)12(15,16)17/h2-3H,1,22H2. The van der Waals surface area contributed by atoms with Gasteiger partial charge in [-0.3, -0.25) is 0 Å². The van der Waals surface area contributed by atoms with E-state index in [0.29, 0.717) is 16.8 Å². The molecule has 136 valence electrons. The van der Waals surface area contributed by atoms with Gasteiger partial charge in [0.2, 0.25) is 0 Å². The lowest BCUT2D eigenvalue weighted by Crippen LogP contribution is -2.09. The molecule has 0 spiro atoms. The molecule has 0 radical (unpaired) electrons. The minimum Gasteiger partial charge on any atom is -0.382 e. The summed E-state index contributed by atoms with van der Waals surface area (Å²) in [7, 11) is -6.99. The zero-order chi connectivity index (χ0) is 19.4. The Balaban J connectivity index is 2.83. The van der Waals surface area contributed by atoms with Crippen molar-refractivity contribution >= 4 is 44.8 Å². The molecule has 0 saturated carbocycles. The highest BCUT2D eigenvalue weighted by molar-refractivity contribution is 8.34. The molecule has 1 heterocycles. The van der Waals surface area contributed by atoms with Crippen LogP contribution in [0.4, 0.5) is 30.6 Å². The maximum absolute atomic E-state index is 13.6. The number of alkyl halides is 3. The van der Waals surface area contributed by atoms with Crippen LogP contribution in [0.3, 0.4) is 0 Å². The largest absolute Gasteiger partial charge is 0.416 e. The van der Waals surface area contributed by atoms with Crippen molar-refractivity contribution in [2.24, 2.45) is 0 Å². The van der Waals surface area contributed by atoms with Gasteiger partial charge in [-0.1, -0.05) is 23.2 Å². The van der Waals surface area contributed by atoms with Crippen molar-refractivity contribution in [3.05, 3.63) is 33.4 Å². The van der Waals surface area contributed by atoms with Crippen molar-refractivity contribution in [1.82, 2.24) is 9.78 Å². The maximum atomic E-state index is 13.6. The SMILES string of the molecule is C=S(F)(F)(F)c1c(C#N)nn(-c2c(Cl)cc(C(F)(F)F)cc2Cl)c1N. The van der Waals surface area contributed by atoms with E-state index in [2.05, 4.69) is 11.0 Å². The van der Waals surface area contributed by atoms with E-state index >= 15 is 0 Å². The fourth-order valence-electron chi connectivity index (χ4n) is 1.96. The Bertz CT molecular complexity index is 951. The molecular formula is C12H6Cl2F6N4S. The molecule has 0 aliphatic rings. The molecule has 0 aliphatic heterocycles. The van der Waals surface area contributed by atoms with E-state index in [0.717, 1.165) is 0 Å². The average molecular weight is 423 g/mol. The van der Waals surface area contributed by atoms with Crippen molar-refractivity contribution < 1.29 is 24.8 Å². The van der Waals surface area contributed by atoms with Crippen molar-refractivity contribution in [2.45, 2.75) is 11.1 Å². The van der Waals surface area contributed by atoms with Crippen LogP contribution >= 0.6 is 33.1 Å². The molecule has 1 aromatic heterocycles. The Morgan fingerprint density at radius 3 is 2.00 bits per heavy atom. The van der Waals surface area contributed by atoms with E-state index in [-0.39, 0.29) is 0 Å². The van der Waals surface area contributed by atoms with Crippen LogP contribution in [-0.4, -0.2) is 15.7 Å². The summed E-state index contributed by atoms with van der Waals surface area (Å²) >= 11 is 11.5. The van der Waals surface area contributed by atoms with Gasteiger partial charge in [0.05, 0.1) is 15.6 Å². The van der Waals surface area contributed by atoms with Gasteiger partial charge in [-0.15, -0.1) is 11.7 Å². The van der Waals surface area contributed by atoms with Crippen LogP contribution in [0, 0.1) is 11.3 Å². The number of nitrogens with zero attached hydrogens (tertiary/aromatic N) is 3. The third-order valence-corrected chi connectivity index (χ3v) is 4.64. The molecule has 1 aromatic carbocycles. The quantitative estimate of drug-likeness (QED) is 0.517. The van der Waals surface area contributed by atoms with Crippen molar-refractivity contribution in [2.75, 3.05) is 5.73 Å². The molecular weight excluding hydrogens is 417 g/mol. The second kappa shape index (κ2) is 5.55. The third-order valence-electron chi connectivity index (χ3n) is 2.91. The Morgan fingerprint density at radius 1 is 1.20 bits per heavy atom. The molecule has 2 aromatic rings. The summed E-state index contributed by atoms with van der Waals surface area (Å²) in [6.45, 7) is 0. The van der Waals surface area contributed by atoms with Crippen molar-refractivity contribution in [1.29, 1.82) is 5.26 Å². The number of nitrogen functional groups attached to an aromatic ring is 1. The minimum atomic E-state index is -6.99. The molecule has 4 nitrogen and oxygen atoms in total. The van der Waals surface area contributed by atoms with Gasteiger partial charge < -0.3 is 5.73 Å². The Hall–Kier alpha value is -1.90. The molecule has 0 amide bonds. The topological polar surface area (TPSA) is 67.6 Å². The zero-order valence-electron chi connectivity index (χ0n) is 11.7. The predicted molar refractivity (Wildman–Crippen MR) is 84.0 cm³/mol. The highest BCUT2D eigenvalue weighted by Gasteiger charge is 2.40. The van der Waals surface area contributed by atoms with E-state index in [1.54, 1.807) is 0 Å². The summed E-state index contributed by atoms with van der Waals surface area (Å²) in [6.07, 6.45) is -4.78. The molecule has 0 aliphatic carbocycles. The number of hydrogen-bond acceptors (Lipinski definition) is 3. The maximum Gasteiger partial charge on any atom is 0.416 e. The number of nitrogens with two attached hydrogens (primary N) is 1. The summed E-state index contributed by atoms with van der Waals surface area (Å²) in [6, 6.07) is 2.13. The van der Waals surface area contributed by atoms with Gasteiger partial charge in [0, 0.05) is 0 Å². The van der Waals surface area contributed by atoms with Gasteiger partial charge >= 0.3 is 6.18 Å². The van der Waals surface area contributed by atoms with Gasteiger partial charge in [0.15, 0.2) is 15.6 Å². The van der Waals surface area contributed by atoms with Crippen molar-refractivity contribution in [3.63, 3.8) is 0 Å². The normalized spacial score (nSPS) is 14.0. The average Bonchev–Trinajstić information content (AvgIpc) is 2.73. The first kappa shape index (κ1) is 19.4. The van der Waals surface area contributed by atoms with E-state index in [9.17, 15) is 24.8 Å². The van der Waals surface area contributed by atoms with Gasteiger partial charge in [0.1, 0.15) is 22.5 Å².